The van der Waals surface area contributed by atoms with Crippen molar-refractivity contribution < 1.29 is 9.84 Å². The molecular formula is C19H23N5O2S. The van der Waals surface area contributed by atoms with E-state index >= 15 is 0 Å². The average Bonchev–Trinajstić information content (AvgIpc) is 3.12. The minimum atomic E-state index is -0.546. The van der Waals surface area contributed by atoms with Gasteiger partial charge in [0.15, 0.2) is 0 Å². The Kier molecular flexibility index (Phi) is 4.84. The van der Waals surface area contributed by atoms with Crippen molar-refractivity contribution >= 4 is 39.0 Å². The monoisotopic (exact) mass is 385 g/mol. The molecule has 0 spiro atoms. The molecule has 0 amide bonds. The zero-order valence-electron chi connectivity index (χ0n) is 15.4. The Balaban J connectivity index is 1.58. The Labute approximate surface area is 161 Å². The van der Waals surface area contributed by atoms with Crippen LogP contribution in [-0.4, -0.2) is 38.8 Å². The SMILES string of the molecule is COc1cc(Nc2nc(N[C@H]3CC[C@](C)(O)CC3)c3sccc3n2)ccn1. The smallest absolute Gasteiger partial charge is 0.229 e. The molecule has 1 fully saturated rings. The van der Waals surface area contributed by atoms with Crippen molar-refractivity contribution in [3.8, 4) is 5.88 Å². The molecule has 7 nitrogen and oxygen atoms in total. The van der Waals surface area contributed by atoms with Crippen LogP contribution in [-0.2, 0) is 0 Å². The van der Waals surface area contributed by atoms with Crippen molar-refractivity contribution in [2.24, 2.45) is 0 Å². The van der Waals surface area contributed by atoms with E-state index in [1.165, 1.54) is 0 Å². The lowest BCUT2D eigenvalue weighted by atomic mass is 9.84. The molecule has 0 atom stereocenters. The van der Waals surface area contributed by atoms with Gasteiger partial charge in [-0.25, -0.2) is 9.97 Å². The number of hydrogen-bond acceptors (Lipinski definition) is 8. The van der Waals surface area contributed by atoms with Gasteiger partial charge in [-0.3, -0.25) is 0 Å². The maximum Gasteiger partial charge on any atom is 0.229 e. The van der Waals surface area contributed by atoms with Crippen LogP contribution in [0, 0.1) is 0 Å². The summed E-state index contributed by atoms with van der Waals surface area (Å²) in [7, 11) is 1.59. The largest absolute Gasteiger partial charge is 0.481 e. The number of rotatable bonds is 5. The normalized spacial score (nSPS) is 22.6. The Hall–Kier alpha value is -2.45. The number of anilines is 3. The van der Waals surface area contributed by atoms with Crippen molar-refractivity contribution in [3.63, 3.8) is 0 Å². The van der Waals surface area contributed by atoms with E-state index in [0.29, 0.717) is 17.9 Å². The number of nitrogens with zero attached hydrogens (tertiary/aromatic N) is 3. The fourth-order valence-corrected chi connectivity index (χ4v) is 4.11. The summed E-state index contributed by atoms with van der Waals surface area (Å²) >= 11 is 1.63. The van der Waals surface area contributed by atoms with Gasteiger partial charge in [-0.05, 0) is 50.1 Å². The molecule has 1 saturated carbocycles. The summed E-state index contributed by atoms with van der Waals surface area (Å²) in [4.78, 5) is 13.4. The maximum absolute atomic E-state index is 10.2. The van der Waals surface area contributed by atoms with Crippen LogP contribution in [0.15, 0.2) is 29.8 Å². The van der Waals surface area contributed by atoms with Crippen LogP contribution in [0.3, 0.4) is 0 Å². The molecule has 0 bridgehead atoms. The number of hydrogen-bond donors (Lipinski definition) is 3. The zero-order chi connectivity index (χ0) is 18.9. The van der Waals surface area contributed by atoms with Crippen molar-refractivity contribution in [1.29, 1.82) is 0 Å². The fourth-order valence-electron chi connectivity index (χ4n) is 3.32. The molecule has 0 unspecified atom stereocenters. The number of pyridine rings is 1. The summed E-state index contributed by atoms with van der Waals surface area (Å²) in [6, 6.07) is 5.95. The molecule has 27 heavy (non-hydrogen) atoms. The lowest BCUT2D eigenvalue weighted by Gasteiger charge is -2.33. The van der Waals surface area contributed by atoms with E-state index in [-0.39, 0.29) is 0 Å². The summed E-state index contributed by atoms with van der Waals surface area (Å²) < 4.78 is 6.21. The van der Waals surface area contributed by atoms with Crippen molar-refractivity contribution in [1.82, 2.24) is 15.0 Å². The third-order valence-electron chi connectivity index (χ3n) is 4.91. The van der Waals surface area contributed by atoms with E-state index in [2.05, 4.69) is 20.6 Å². The first-order valence-corrected chi connectivity index (χ1v) is 9.92. The molecule has 3 aromatic heterocycles. The van der Waals surface area contributed by atoms with Crippen molar-refractivity contribution in [3.05, 3.63) is 29.8 Å². The quantitative estimate of drug-likeness (QED) is 0.612. The van der Waals surface area contributed by atoms with Crippen LogP contribution in [0.2, 0.25) is 0 Å². The first kappa shape index (κ1) is 17.9. The molecule has 3 aromatic rings. The van der Waals surface area contributed by atoms with E-state index < -0.39 is 5.60 Å². The summed E-state index contributed by atoms with van der Waals surface area (Å²) in [5.41, 5.74) is 1.18. The molecular weight excluding hydrogens is 362 g/mol. The Morgan fingerprint density at radius 2 is 2.07 bits per heavy atom. The van der Waals surface area contributed by atoms with E-state index in [1.807, 2.05) is 24.4 Å². The van der Waals surface area contributed by atoms with Gasteiger partial charge in [-0.15, -0.1) is 11.3 Å². The van der Waals surface area contributed by atoms with Crippen LogP contribution in [0.1, 0.15) is 32.6 Å². The van der Waals surface area contributed by atoms with Gasteiger partial charge in [0.25, 0.3) is 0 Å². The topological polar surface area (TPSA) is 92.2 Å². The summed E-state index contributed by atoms with van der Waals surface area (Å²) in [6.07, 6.45) is 5.12. The van der Waals surface area contributed by atoms with E-state index in [0.717, 1.165) is 47.4 Å². The Bertz CT molecular complexity index is 933. The molecule has 8 heteroatoms. The molecule has 1 aliphatic rings. The van der Waals surface area contributed by atoms with Gasteiger partial charge < -0.3 is 20.5 Å². The molecule has 0 saturated heterocycles. The predicted molar refractivity (Wildman–Crippen MR) is 108 cm³/mol. The van der Waals surface area contributed by atoms with Gasteiger partial charge in [0.2, 0.25) is 11.8 Å². The lowest BCUT2D eigenvalue weighted by molar-refractivity contribution is 0.0196. The first-order valence-electron chi connectivity index (χ1n) is 9.04. The Morgan fingerprint density at radius 3 is 2.85 bits per heavy atom. The van der Waals surface area contributed by atoms with Gasteiger partial charge in [0, 0.05) is 24.0 Å². The van der Waals surface area contributed by atoms with Gasteiger partial charge in [-0.1, -0.05) is 0 Å². The van der Waals surface area contributed by atoms with Crippen LogP contribution in [0.5, 0.6) is 5.88 Å². The molecule has 1 aliphatic carbocycles. The minimum Gasteiger partial charge on any atom is -0.481 e. The number of nitrogens with one attached hydrogen (secondary N) is 2. The predicted octanol–water partition coefficient (Wildman–Crippen LogP) is 3.94. The van der Waals surface area contributed by atoms with E-state index in [1.54, 1.807) is 30.7 Å². The highest BCUT2D eigenvalue weighted by Crippen LogP contribution is 2.33. The average molecular weight is 385 g/mol. The van der Waals surface area contributed by atoms with Gasteiger partial charge >= 0.3 is 0 Å². The standard InChI is InChI=1S/C19H23N5O2S/c1-19(25)7-3-12(4-8-19)21-17-16-14(6-10-27-16)23-18(24-17)22-13-5-9-20-15(11-13)26-2/h5-6,9-12,25H,3-4,7-8H2,1-2H3,(H2,20,21,22,23,24)/t12-,19-. The van der Waals surface area contributed by atoms with Gasteiger partial charge in [0.05, 0.1) is 22.9 Å². The van der Waals surface area contributed by atoms with Gasteiger partial charge in [0.1, 0.15) is 5.82 Å². The van der Waals surface area contributed by atoms with Crippen LogP contribution in [0.25, 0.3) is 10.2 Å². The highest BCUT2D eigenvalue weighted by Gasteiger charge is 2.29. The lowest BCUT2D eigenvalue weighted by Crippen LogP contribution is -2.35. The van der Waals surface area contributed by atoms with Crippen LogP contribution < -0.4 is 15.4 Å². The highest BCUT2D eigenvalue weighted by molar-refractivity contribution is 7.17. The number of aromatic nitrogens is 3. The zero-order valence-corrected chi connectivity index (χ0v) is 16.2. The second-order valence-electron chi connectivity index (χ2n) is 7.16. The van der Waals surface area contributed by atoms with E-state index in [9.17, 15) is 5.11 Å². The number of methoxy groups -OCH3 is 1. The van der Waals surface area contributed by atoms with Crippen LogP contribution in [0.4, 0.5) is 17.5 Å². The number of thiophene rings is 1. The van der Waals surface area contributed by atoms with Crippen molar-refractivity contribution in [2.45, 2.75) is 44.2 Å². The molecule has 4 rings (SSSR count). The molecule has 0 aromatic carbocycles. The molecule has 142 valence electrons. The second-order valence-corrected chi connectivity index (χ2v) is 8.07. The summed E-state index contributed by atoms with van der Waals surface area (Å²) in [6.45, 7) is 1.91. The number of ether oxygens (including phenoxy) is 1. The molecule has 0 aliphatic heterocycles. The molecule has 0 radical (unpaired) electrons. The molecule has 3 N–H and O–H groups in total. The van der Waals surface area contributed by atoms with Gasteiger partial charge in [-0.2, -0.15) is 4.98 Å². The first-order chi connectivity index (χ1) is 13.0. The Morgan fingerprint density at radius 1 is 1.26 bits per heavy atom. The number of aliphatic hydroxyl groups is 1. The van der Waals surface area contributed by atoms with E-state index in [4.69, 9.17) is 9.72 Å². The van der Waals surface area contributed by atoms with Crippen molar-refractivity contribution in [2.75, 3.05) is 17.7 Å². The van der Waals surface area contributed by atoms with Crippen LogP contribution >= 0.6 is 11.3 Å². The minimum absolute atomic E-state index is 0.305. The highest BCUT2D eigenvalue weighted by atomic mass is 32.1. The third-order valence-corrected chi connectivity index (χ3v) is 5.82. The second kappa shape index (κ2) is 7.28. The molecule has 3 heterocycles. The maximum atomic E-state index is 10.2. The third kappa shape index (κ3) is 4.12. The summed E-state index contributed by atoms with van der Waals surface area (Å²) in [5, 5.41) is 19.0. The fraction of sp³-hybridized carbons (Fsp3) is 0.421. The number of fused-ring (bicyclic) bond motifs is 1. The summed E-state index contributed by atoms with van der Waals surface area (Å²) in [5.74, 6) is 1.90.